The molecule has 0 saturated heterocycles. The lowest BCUT2D eigenvalue weighted by molar-refractivity contribution is -0.149. The zero-order valence-corrected chi connectivity index (χ0v) is 10.9. The van der Waals surface area contributed by atoms with Crippen LogP contribution in [0.25, 0.3) is 0 Å². The predicted molar refractivity (Wildman–Crippen MR) is 64.9 cm³/mol. The van der Waals surface area contributed by atoms with Crippen molar-refractivity contribution >= 4 is 21.9 Å². The summed E-state index contributed by atoms with van der Waals surface area (Å²) in [7, 11) is 1.33. The lowest BCUT2D eigenvalue weighted by Crippen LogP contribution is -2.23. The lowest BCUT2D eigenvalue weighted by atomic mass is 9.93. The SMILES string of the molecule is CCC(C(=O)OC)C(O)c1ccccc1Br. The number of halogens is 1. The molecule has 1 rings (SSSR count). The highest BCUT2D eigenvalue weighted by Crippen LogP contribution is 2.30. The standard InChI is InChI=1S/C12H15BrO3/c1-3-8(12(15)16-2)11(14)9-6-4-5-7-10(9)13/h4-8,11,14H,3H2,1-2H3. The van der Waals surface area contributed by atoms with E-state index >= 15 is 0 Å². The Hall–Kier alpha value is -0.870. The van der Waals surface area contributed by atoms with E-state index in [1.165, 1.54) is 7.11 Å². The fourth-order valence-corrected chi connectivity index (χ4v) is 2.12. The molecule has 1 N–H and O–H groups in total. The number of carbonyl (C=O) groups excluding carboxylic acids is 1. The number of aliphatic hydroxyl groups is 1. The van der Waals surface area contributed by atoms with Crippen LogP contribution in [0, 0.1) is 5.92 Å². The van der Waals surface area contributed by atoms with Crippen LogP contribution in [0.4, 0.5) is 0 Å². The van der Waals surface area contributed by atoms with Gasteiger partial charge in [-0.3, -0.25) is 4.79 Å². The molecule has 0 fully saturated rings. The van der Waals surface area contributed by atoms with E-state index in [1.54, 1.807) is 6.07 Å². The van der Waals surface area contributed by atoms with Gasteiger partial charge in [0.25, 0.3) is 0 Å². The normalized spacial score (nSPS) is 14.2. The van der Waals surface area contributed by atoms with E-state index in [-0.39, 0.29) is 5.97 Å². The van der Waals surface area contributed by atoms with Crippen LogP contribution in [-0.2, 0) is 9.53 Å². The second-order valence-corrected chi connectivity index (χ2v) is 4.36. The first-order valence-electron chi connectivity index (χ1n) is 5.12. The Balaban J connectivity index is 2.95. The third kappa shape index (κ3) is 2.83. The van der Waals surface area contributed by atoms with Crippen LogP contribution in [0.1, 0.15) is 25.0 Å². The van der Waals surface area contributed by atoms with Crippen molar-refractivity contribution in [3.05, 3.63) is 34.3 Å². The number of hydrogen-bond donors (Lipinski definition) is 1. The minimum Gasteiger partial charge on any atom is -0.469 e. The molecule has 2 unspecified atom stereocenters. The second kappa shape index (κ2) is 6.01. The van der Waals surface area contributed by atoms with Crippen molar-refractivity contribution in [3.63, 3.8) is 0 Å². The highest BCUT2D eigenvalue weighted by atomic mass is 79.9. The number of benzene rings is 1. The Morgan fingerprint density at radius 1 is 1.50 bits per heavy atom. The summed E-state index contributed by atoms with van der Waals surface area (Å²) in [6.07, 6.45) is -0.303. The molecule has 0 aliphatic heterocycles. The molecule has 0 aliphatic rings. The molecule has 0 spiro atoms. The molecule has 0 aromatic heterocycles. The monoisotopic (exact) mass is 286 g/mol. The van der Waals surface area contributed by atoms with Gasteiger partial charge in [0.2, 0.25) is 0 Å². The molecule has 0 heterocycles. The number of esters is 1. The van der Waals surface area contributed by atoms with Crippen LogP contribution >= 0.6 is 15.9 Å². The maximum atomic E-state index is 11.5. The molecule has 4 heteroatoms. The van der Waals surface area contributed by atoms with E-state index in [9.17, 15) is 9.90 Å². The summed E-state index contributed by atoms with van der Waals surface area (Å²) in [6.45, 7) is 1.85. The molecule has 3 nitrogen and oxygen atoms in total. The first-order valence-corrected chi connectivity index (χ1v) is 5.91. The summed E-state index contributed by atoms with van der Waals surface area (Å²) in [6, 6.07) is 7.32. The first kappa shape index (κ1) is 13.2. The number of hydrogen-bond acceptors (Lipinski definition) is 3. The molecular formula is C12H15BrO3. The van der Waals surface area contributed by atoms with Gasteiger partial charge in [0.1, 0.15) is 0 Å². The maximum Gasteiger partial charge on any atom is 0.311 e. The average Bonchev–Trinajstić information content (AvgIpc) is 2.30. The van der Waals surface area contributed by atoms with Gasteiger partial charge >= 0.3 is 5.97 Å². The van der Waals surface area contributed by atoms with E-state index < -0.39 is 12.0 Å². The van der Waals surface area contributed by atoms with Crippen molar-refractivity contribution in [1.82, 2.24) is 0 Å². The first-order chi connectivity index (χ1) is 7.61. The van der Waals surface area contributed by atoms with Crippen LogP contribution in [0.5, 0.6) is 0 Å². The van der Waals surface area contributed by atoms with Crippen molar-refractivity contribution in [2.24, 2.45) is 5.92 Å². The number of rotatable bonds is 4. The van der Waals surface area contributed by atoms with Gasteiger partial charge in [-0.25, -0.2) is 0 Å². The highest BCUT2D eigenvalue weighted by molar-refractivity contribution is 9.10. The average molecular weight is 287 g/mol. The molecule has 88 valence electrons. The lowest BCUT2D eigenvalue weighted by Gasteiger charge is -2.20. The topological polar surface area (TPSA) is 46.5 Å². The third-order valence-corrected chi connectivity index (χ3v) is 3.27. The summed E-state index contributed by atoms with van der Waals surface area (Å²) in [5.74, 6) is -0.908. The fraction of sp³-hybridized carbons (Fsp3) is 0.417. The molecule has 0 saturated carbocycles. The van der Waals surface area contributed by atoms with Crippen LogP contribution < -0.4 is 0 Å². The molecule has 1 aromatic rings. The Kier molecular flexibility index (Phi) is 4.96. The van der Waals surface area contributed by atoms with E-state index in [4.69, 9.17) is 0 Å². The molecule has 0 aliphatic carbocycles. The summed E-state index contributed by atoms with van der Waals surface area (Å²) >= 11 is 3.35. The fourth-order valence-electron chi connectivity index (χ4n) is 1.60. The number of aliphatic hydroxyl groups excluding tert-OH is 1. The molecule has 0 amide bonds. The smallest absolute Gasteiger partial charge is 0.311 e. The molecule has 16 heavy (non-hydrogen) atoms. The van der Waals surface area contributed by atoms with Crippen LogP contribution in [0.3, 0.4) is 0 Å². The number of methoxy groups -OCH3 is 1. The summed E-state index contributed by atoms with van der Waals surface area (Å²) in [4.78, 5) is 11.5. The van der Waals surface area contributed by atoms with Crippen LogP contribution in [0.2, 0.25) is 0 Å². The van der Waals surface area contributed by atoms with Crippen LogP contribution in [-0.4, -0.2) is 18.2 Å². The van der Waals surface area contributed by atoms with Gasteiger partial charge in [-0.05, 0) is 18.1 Å². The Labute approximate surface area is 104 Å². The summed E-state index contributed by atoms with van der Waals surface area (Å²) in [5.41, 5.74) is 0.708. The van der Waals surface area contributed by atoms with Gasteiger partial charge in [0.15, 0.2) is 0 Å². The van der Waals surface area contributed by atoms with Crippen LogP contribution in [0.15, 0.2) is 28.7 Å². The highest BCUT2D eigenvalue weighted by Gasteiger charge is 2.28. The quantitative estimate of drug-likeness (QED) is 0.866. The van der Waals surface area contributed by atoms with E-state index in [2.05, 4.69) is 20.7 Å². The van der Waals surface area contributed by atoms with E-state index in [0.717, 1.165) is 4.47 Å². The molecule has 0 bridgehead atoms. The molecule has 0 radical (unpaired) electrons. The molecular weight excluding hydrogens is 272 g/mol. The van der Waals surface area contributed by atoms with Crippen molar-refractivity contribution in [2.45, 2.75) is 19.4 Å². The van der Waals surface area contributed by atoms with Gasteiger partial charge in [-0.2, -0.15) is 0 Å². The minimum atomic E-state index is -0.840. The third-order valence-electron chi connectivity index (χ3n) is 2.55. The van der Waals surface area contributed by atoms with Crippen molar-refractivity contribution in [1.29, 1.82) is 0 Å². The number of ether oxygens (including phenoxy) is 1. The zero-order valence-electron chi connectivity index (χ0n) is 9.31. The second-order valence-electron chi connectivity index (χ2n) is 3.50. The van der Waals surface area contributed by atoms with E-state index in [0.29, 0.717) is 12.0 Å². The predicted octanol–water partition coefficient (Wildman–Crippen LogP) is 2.68. The Morgan fingerprint density at radius 3 is 2.62 bits per heavy atom. The van der Waals surface area contributed by atoms with Gasteiger partial charge in [-0.15, -0.1) is 0 Å². The Morgan fingerprint density at radius 2 is 2.12 bits per heavy atom. The Bertz CT molecular complexity index is 365. The van der Waals surface area contributed by atoms with Crippen molar-refractivity contribution in [2.75, 3.05) is 7.11 Å². The zero-order chi connectivity index (χ0) is 12.1. The van der Waals surface area contributed by atoms with Gasteiger partial charge < -0.3 is 9.84 Å². The van der Waals surface area contributed by atoms with E-state index in [1.807, 2.05) is 25.1 Å². The van der Waals surface area contributed by atoms with Gasteiger partial charge in [-0.1, -0.05) is 41.1 Å². The van der Waals surface area contributed by atoms with Crippen molar-refractivity contribution < 1.29 is 14.6 Å². The van der Waals surface area contributed by atoms with Gasteiger partial charge in [0, 0.05) is 4.47 Å². The van der Waals surface area contributed by atoms with Crippen molar-refractivity contribution in [3.8, 4) is 0 Å². The summed E-state index contributed by atoms with van der Waals surface area (Å²) < 4.78 is 5.47. The maximum absolute atomic E-state index is 11.5. The largest absolute Gasteiger partial charge is 0.469 e. The molecule has 2 atom stereocenters. The van der Waals surface area contributed by atoms with Gasteiger partial charge in [0.05, 0.1) is 19.1 Å². The minimum absolute atomic E-state index is 0.384. The summed E-state index contributed by atoms with van der Waals surface area (Å²) in [5, 5.41) is 10.1. The molecule has 1 aromatic carbocycles. The number of carbonyl (C=O) groups is 1.